The molecule has 188 valence electrons. The Morgan fingerprint density at radius 2 is 1.77 bits per heavy atom. The smallest absolute Gasteiger partial charge is 0.371 e. The molecule has 5 atom stereocenters. The molecule has 2 saturated heterocycles. The Kier molecular flexibility index (Phi) is 6.77. The summed E-state index contributed by atoms with van der Waals surface area (Å²) in [7, 11) is 0. The fourth-order valence-electron chi connectivity index (χ4n) is 3.50. The summed E-state index contributed by atoms with van der Waals surface area (Å²) in [6, 6.07) is 1.90. The Balaban J connectivity index is 1.65. The number of carbonyl (C=O) groups excluding carboxylic acids is 3. The average Bonchev–Trinajstić information content (AvgIpc) is 3.13. The van der Waals surface area contributed by atoms with Crippen LogP contribution in [0.4, 0.5) is 4.39 Å². The third-order valence-electron chi connectivity index (χ3n) is 5.36. The Morgan fingerprint density at radius 3 is 2.40 bits per heavy atom. The molecule has 0 spiro atoms. The van der Waals surface area contributed by atoms with E-state index in [0.29, 0.717) is 0 Å². The lowest BCUT2D eigenvalue weighted by atomic mass is 9.99. The number of hydroxylamine groups is 2. The summed E-state index contributed by atoms with van der Waals surface area (Å²) in [6.45, 7) is -0.763. The van der Waals surface area contributed by atoms with Gasteiger partial charge in [0.25, 0.3) is 11.8 Å². The molecule has 0 radical (unpaired) electrons. The largest absolute Gasteiger partial charge is 0.457 e. The Morgan fingerprint density at radius 1 is 1.11 bits per heavy atom. The van der Waals surface area contributed by atoms with E-state index in [-0.39, 0.29) is 23.3 Å². The minimum absolute atomic E-state index is 0.170. The van der Waals surface area contributed by atoms with Crippen molar-refractivity contribution in [3.63, 3.8) is 0 Å². The highest BCUT2D eigenvalue weighted by molar-refractivity contribution is 6.32. The maximum atomic E-state index is 15.2. The molecule has 13 nitrogen and oxygen atoms in total. The number of amides is 2. The lowest BCUT2D eigenvalue weighted by molar-refractivity contribution is -0.277. The first kappa shape index (κ1) is 25.0. The average molecular weight is 518 g/mol. The first-order valence-corrected chi connectivity index (χ1v) is 10.4. The molecule has 2 aliphatic rings. The Bertz CT molecular complexity index is 1250. The number of carbonyl (C=O) groups is 3. The fourth-order valence-corrected chi connectivity index (χ4v) is 3.74. The maximum absolute atomic E-state index is 15.2. The molecule has 4 N–H and O–H groups in total. The van der Waals surface area contributed by atoms with Gasteiger partial charge >= 0.3 is 11.6 Å². The predicted molar refractivity (Wildman–Crippen MR) is 108 cm³/mol. The number of nitrogens with zero attached hydrogens (tertiary/aromatic N) is 1. The van der Waals surface area contributed by atoms with Gasteiger partial charge < -0.3 is 39.2 Å². The molecule has 1 aromatic carbocycles. The lowest BCUT2D eigenvalue weighted by Crippen LogP contribution is -2.60. The van der Waals surface area contributed by atoms with Crippen LogP contribution in [-0.4, -0.2) is 80.6 Å². The normalized spacial score (nSPS) is 26.9. The number of hydrogen-bond donors (Lipinski definition) is 4. The van der Waals surface area contributed by atoms with Gasteiger partial charge in [-0.05, 0) is 12.1 Å². The molecule has 2 aromatic rings. The van der Waals surface area contributed by atoms with Crippen molar-refractivity contribution in [2.75, 3.05) is 6.61 Å². The zero-order valence-corrected chi connectivity index (χ0v) is 18.2. The van der Waals surface area contributed by atoms with Crippen LogP contribution in [-0.2, 0) is 19.2 Å². The quantitative estimate of drug-likeness (QED) is 0.279. The van der Waals surface area contributed by atoms with E-state index in [1.54, 1.807) is 0 Å². The van der Waals surface area contributed by atoms with Crippen LogP contribution in [0, 0.1) is 5.82 Å². The van der Waals surface area contributed by atoms with Gasteiger partial charge in [-0.3, -0.25) is 9.59 Å². The van der Waals surface area contributed by atoms with Gasteiger partial charge in [-0.2, -0.15) is 4.39 Å². The van der Waals surface area contributed by atoms with Crippen LogP contribution >= 0.6 is 11.6 Å². The van der Waals surface area contributed by atoms with Crippen LogP contribution in [0.3, 0.4) is 0 Å². The first-order valence-electron chi connectivity index (χ1n) is 10.0. The van der Waals surface area contributed by atoms with E-state index in [1.807, 2.05) is 0 Å². The summed E-state index contributed by atoms with van der Waals surface area (Å²) >= 11 is 6.06. The van der Waals surface area contributed by atoms with Crippen molar-refractivity contribution in [1.82, 2.24) is 5.06 Å². The number of rotatable bonds is 5. The molecule has 2 fully saturated rings. The summed E-state index contributed by atoms with van der Waals surface area (Å²) in [5.74, 6) is -5.07. The van der Waals surface area contributed by atoms with Gasteiger partial charge in [-0.25, -0.2) is 9.59 Å². The summed E-state index contributed by atoms with van der Waals surface area (Å²) in [6.07, 6.45) is -8.84. The highest BCUT2D eigenvalue weighted by Crippen LogP contribution is 2.36. The van der Waals surface area contributed by atoms with Crippen LogP contribution in [0.1, 0.15) is 23.2 Å². The van der Waals surface area contributed by atoms with E-state index < -0.39 is 88.5 Å². The number of benzene rings is 1. The van der Waals surface area contributed by atoms with Crippen molar-refractivity contribution in [3.05, 3.63) is 39.0 Å². The molecule has 0 saturated carbocycles. The van der Waals surface area contributed by atoms with Crippen LogP contribution in [0.5, 0.6) is 5.75 Å². The number of aliphatic hydroxyl groups excluding tert-OH is 4. The van der Waals surface area contributed by atoms with Gasteiger partial charge in [0.1, 0.15) is 30.0 Å². The molecular weight excluding hydrogens is 501 g/mol. The molecular formula is C20H17ClFNO12. The second-order valence-corrected chi connectivity index (χ2v) is 8.05. The van der Waals surface area contributed by atoms with Crippen molar-refractivity contribution < 1.29 is 57.9 Å². The van der Waals surface area contributed by atoms with E-state index in [9.17, 15) is 39.6 Å². The molecule has 2 amide bonds. The number of halogens is 2. The SMILES string of the molecule is O=C(ON1C(=O)CCC1=O)c1cc2cc(Cl)c(O[C@@H]3OC(CO)[C@@H](O)C(O)C3O)c(F)c2oc1=O. The number of fused-ring (bicyclic) bond motifs is 1. The number of aliphatic hydroxyl groups is 4. The standard InChI is InChI=1S/C20H17ClFNO12/c21-8-4-6-3-7(19(31)35-23-10(25)1-2-11(23)26)18(30)33-16(6)12(22)17(8)34-20-15(29)14(28)13(27)9(5-24)32-20/h3-4,9,13-15,20,24,27-29H,1-2,5H2/t9?,13-,14?,15?,20+/m1/s1. The minimum atomic E-state index is -1.88. The van der Waals surface area contributed by atoms with Crippen LogP contribution < -0.4 is 10.4 Å². The molecule has 3 unspecified atom stereocenters. The number of hydrogen-bond acceptors (Lipinski definition) is 12. The molecule has 4 rings (SSSR count). The zero-order valence-electron chi connectivity index (χ0n) is 17.4. The van der Waals surface area contributed by atoms with E-state index in [4.69, 9.17) is 25.5 Å². The second-order valence-electron chi connectivity index (χ2n) is 7.64. The van der Waals surface area contributed by atoms with E-state index in [2.05, 4.69) is 4.84 Å². The molecule has 1 aromatic heterocycles. The van der Waals surface area contributed by atoms with Gasteiger partial charge in [0.05, 0.1) is 11.6 Å². The third kappa shape index (κ3) is 4.47. The summed E-state index contributed by atoms with van der Waals surface area (Å²) in [5, 5.41) is 38.6. The highest BCUT2D eigenvalue weighted by atomic mass is 35.5. The van der Waals surface area contributed by atoms with Crippen LogP contribution in [0.15, 0.2) is 21.3 Å². The molecule has 0 aliphatic carbocycles. The zero-order chi connectivity index (χ0) is 25.6. The number of ether oxygens (including phenoxy) is 2. The molecule has 15 heteroatoms. The van der Waals surface area contributed by atoms with Crippen molar-refractivity contribution in [1.29, 1.82) is 0 Å². The van der Waals surface area contributed by atoms with Crippen molar-refractivity contribution in [3.8, 4) is 5.75 Å². The van der Waals surface area contributed by atoms with E-state index in [1.165, 1.54) is 0 Å². The van der Waals surface area contributed by atoms with Gasteiger partial charge in [0, 0.05) is 18.2 Å². The van der Waals surface area contributed by atoms with Crippen molar-refractivity contribution >= 4 is 40.4 Å². The fraction of sp³-hybridized carbons (Fsp3) is 0.400. The highest BCUT2D eigenvalue weighted by Gasteiger charge is 2.45. The molecule has 0 bridgehead atoms. The Hall–Kier alpha value is -3.14. The lowest BCUT2D eigenvalue weighted by Gasteiger charge is -2.39. The first-order chi connectivity index (χ1) is 16.5. The topological polar surface area (TPSA) is 193 Å². The Labute approximate surface area is 198 Å². The number of imide groups is 1. The van der Waals surface area contributed by atoms with Gasteiger partial charge in [-0.15, -0.1) is 5.06 Å². The molecule has 35 heavy (non-hydrogen) atoms. The van der Waals surface area contributed by atoms with Crippen molar-refractivity contribution in [2.24, 2.45) is 0 Å². The van der Waals surface area contributed by atoms with E-state index >= 15 is 4.39 Å². The van der Waals surface area contributed by atoms with Gasteiger partial charge in [-0.1, -0.05) is 11.6 Å². The van der Waals surface area contributed by atoms with Gasteiger partial charge in [0.2, 0.25) is 12.1 Å². The molecule has 2 aliphatic heterocycles. The van der Waals surface area contributed by atoms with Crippen molar-refractivity contribution in [2.45, 2.75) is 43.5 Å². The van der Waals surface area contributed by atoms with Crippen LogP contribution in [0.25, 0.3) is 11.0 Å². The summed E-state index contributed by atoms with van der Waals surface area (Å²) in [4.78, 5) is 52.5. The molecule has 3 heterocycles. The summed E-state index contributed by atoms with van der Waals surface area (Å²) < 4.78 is 30.4. The third-order valence-corrected chi connectivity index (χ3v) is 5.64. The second kappa shape index (κ2) is 9.49. The monoisotopic (exact) mass is 517 g/mol. The summed E-state index contributed by atoms with van der Waals surface area (Å²) in [5.41, 5.74) is -2.85. The maximum Gasteiger partial charge on any atom is 0.371 e. The minimum Gasteiger partial charge on any atom is -0.457 e. The van der Waals surface area contributed by atoms with Gasteiger partial charge in [0.15, 0.2) is 11.3 Å². The predicted octanol–water partition coefficient (Wildman–Crippen LogP) is -1.02. The van der Waals surface area contributed by atoms with Crippen LogP contribution in [0.2, 0.25) is 5.02 Å². The van der Waals surface area contributed by atoms with E-state index in [0.717, 1.165) is 12.1 Å².